The van der Waals surface area contributed by atoms with Crippen molar-refractivity contribution in [1.29, 1.82) is 0 Å². The molecule has 56 valence electrons. The maximum absolute atomic E-state index is 5.79. The van der Waals surface area contributed by atoms with E-state index in [1.165, 1.54) is 0 Å². The number of hydrogen-bond donors (Lipinski definition) is 0. The van der Waals surface area contributed by atoms with Crippen molar-refractivity contribution in [2.24, 2.45) is 0 Å². The molecule has 2 radical (unpaired) electrons. The Balaban J connectivity index is 3.46. The second-order valence-electron chi connectivity index (χ2n) is 2.19. The van der Waals surface area contributed by atoms with Crippen LogP contribution in [0.15, 0.2) is 6.07 Å². The maximum Gasteiger partial charge on any atom is 0.118 e. The molecule has 0 aliphatic rings. The molecule has 0 aliphatic carbocycles. The van der Waals surface area contributed by atoms with Gasteiger partial charge >= 0.3 is 0 Å². The van der Waals surface area contributed by atoms with Crippen molar-refractivity contribution < 1.29 is 0 Å². The summed E-state index contributed by atoms with van der Waals surface area (Å²) in [4.78, 5) is 0. The lowest BCUT2D eigenvalue weighted by atomic mass is 9.94. The van der Waals surface area contributed by atoms with E-state index in [9.17, 15) is 0 Å². The second kappa shape index (κ2) is 3.26. The van der Waals surface area contributed by atoms with Crippen LogP contribution in [0.2, 0.25) is 15.1 Å². The van der Waals surface area contributed by atoms with Crippen LogP contribution in [0.4, 0.5) is 0 Å². The molecule has 0 amide bonds. The number of hydrogen-bond acceptors (Lipinski definition) is 0. The second-order valence-corrected chi connectivity index (χ2v) is 3.39. The van der Waals surface area contributed by atoms with E-state index in [1.807, 2.05) is 0 Å². The molecule has 1 aromatic rings. The third-order valence-corrected chi connectivity index (χ3v) is 2.63. The minimum Gasteiger partial charge on any atom is -0.0849 e. The predicted molar refractivity (Wildman–Crippen MR) is 51.6 cm³/mol. The van der Waals surface area contributed by atoms with E-state index in [1.54, 1.807) is 13.0 Å². The summed E-state index contributed by atoms with van der Waals surface area (Å²) in [5.41, 5.74) is 1.14. The highest BCUT2D eigenvalue weighted by Gasteiger charge is 2.06. The van der Waals surface area contributed by atoms with Gasteiger partial charge in [0.1, 0.15) is 7.85 Å². The zero-order valence-electron chi connectivity index (χ0n) is 5.79. The molecule has 0 saturated heterocycles. The molecule has 0 aliphatic heterocycles. The molecule has 4 heteroatoms. The average molecular weight is 205 g/mol. The molecular formula is C7H4BCl3. The zero-order chi connectivity index (χ0) is 8.59. The van der Waals surface area contributed by atoms with Gasteiger partial charge in [0.2, 0.25) is 0 Å². The summed E-state index contributed by atoms with van der Waals surface area (Å²) in [7, 11) is 5.53. The van der Waals surface area contributed by atoms with E-state index in [-0.39, 0.29) is 0 Å². The van der Waals surface area contributed by atoms with Gasteiger partial charge in [-0.2, -0.15) is 0 Å². The maximum atomic E-state index is 5.79. The first-order valence-corrected chi connectivity index (χ1v) is 4.07. The Morgan fingerprint density at radius 2 is 1.73 bits per heavy atom. The minimum absolute atomic E-state index is 0.384. The molecule has 0 spiro atoms. The van der Waals surface area contributed by atoms with Crippen molar-refractivity contribution in [2.75, 3.05) is 0 Å². The molecule has 0 bridgehead atoms. The monoisotopic (exact) mass is 204 g/mol. The van der Waals surface area contributed by atoms with Crippen molar-refractivity contribution in [3.05, 3.63) is 26.7 Å². The molecule has 0 unspecified atom stereocenters. The molecule has 1 aromatic carbocycles. The minimum atomic E-state index is 0.384. The summed E-state index contributed by atoms with van der Waals surface area (Å²) in [5, 5.41) is 1.36. The van der Waals surface area contributed by atoms with Gasteiger partial charge in [0.25, 0.3) is 0 Å². The summed E-state index contributed by atoms with van der Waals surface area (Å²) in [6.45, 7) is 1.79. The van der Waals surface area contributed by atoms with Crippen LogP contribution >= 0.6 is 34.8 Å². The Morgan fingerprint density at radius 1 is 1.18 bits per heavy atom. The normalized spacial score (nSPS) is 10.2. The van der Waals surface area contributed by atoms with E-state index >= 15 is 0 Å². The Hall–Kier alpha value is 0.155. The zero-order valence-corrected chi connectivity index (χ0v) is 8.06. The molecule has 1 rings (SSSR count). The van der Waals surface area contributed by atoms with Crippen molar-refractivity contribution in [3.8, 4) is 0 Å². The van der Waals surface area contributed by atoms with Gasteiger partial charge < -0.3 is 0 Å². The van der Waals surface area contributed by atoms with Gasteiger partial charge in [-0.1, -0.05) is 40.3 Å². The molecule has 0 nitrogen and oxygen atoms in total. The molecule has 0 saturated carbocycles. The lowest BCUT2D eigenvalue weighted by molar-refractivity contribution is 1.49. The van der Waals surface area contributed by atoms with Crippen molar-refractivity contribution in [3.63, 3.8) is 0 Å². The predicted octanol–water partition coefficient (Wildman–Crippen LogP) is 2.75. The standard InChI is InChI=1S/C7H4BCl3/c1-3-4(9)2-5(10)6(8)7(3)11/h2H,1H3. The lowest BCUT2D eigenvalue weighted by Gasteiger charge is -2.06. The summed E-state index contributed by atoms with van der Waals surface area (Å²) in [6.07, 6.45) is 0. The van der Waals surface area contributed by atoms with Crippen molar-refractivity contribution in [1.82, 2.24) is 0 Å². The lowest BCUT2D eigenvalue weighted by Crippen LogP contribution is -2.07. The highest BCUT2D eigenvalue weighted by molar-refractivity contribution is 6.53. The summed E-state index contributed by atoms with van der Waals surface area (Å²) in [5.74, 6) is 0. The first-order valence-electron chi connectivity index (χ1n) is 2.93. The van der Waals surface area contributed by atoms with Gasteiger partial charge in [-0.3, -0.25) is 0 Å². The molecular weight excluding hydrogens is 201 g/mol. The van der Waals surface area contributed by atoms with Gasteiger partial charge in [0, 0.05) is 15.1 Å². The third kappa shape index (κ3) is 1.66. The number of rotatable bonds is 0. The van der Waals surface area contributed by atoms with E-state index < -0.39 is 0 Å². The largest absolute Gasteiger partial charge is 0.118 e. The number of halogens is 3. The van der Waals surface area contributed by atoms with Gasteiger partial charge in [0.15, 0.2) is 0 Å². The van der Waals surface area contributed by atoms with Gasteiger partial charge in [0.05, 0.1) is 0 Å². The highest BCUT2D eigenvalue weighted by Crippen LogP contribution is 2.25. The molecule has 0 aromatic heterocycles. The fourth-order valence-electron chi connectivity index (χ4n) is 0.709. The molecule has 0 fully saturated rings. The van der Waals surface area contributed by atoms with E-state index in [2.05, 4.69) is 0 Å². The van der Waals surface area contributed by atoms with Crippen LogP contribution in [-0.2, 0) is 0 Å². The highest BCUT2D eigenvalue weighted by atomic mass is 35.5. The van der Waals surface area contributed by atoms with Crippen LogP contribution in [0.5, 0.6) is 0 Å². The first kappa shape index (κ1) is 9.24. The van der Waals surface area contributed by atoms with Crippen molar-refractivity contribution >= 4 is 48.1 Å². The van der Waals surface area contributed by atoms with Crippen LogP contribution in [0.3, 0.4) is 0 Å². The van der Waals surface area contributed by atoms with Crippen LogP contribution in [0.1, 0.15) is 5.56 Å². The van der Waals surface area contributed by atoms with Crippen LogP contribution in [0.25, 0.3) is 0 Å². The van der Waals surface area contributed by atoms with Gasteiger partial charge in [-0.15, -0.1) is 0 Å². The molecule has 11 heavy (non-hydrogen) atoms. The summed E-state index contributed by atoms with van der Waals surface area (Å²) < 4.78 is 0. The third-order valence-electron chi connectivity index (χ3n) is 1.43. The van der Waals surface area contributed by atoms with E-state index in [0.717, 1.165) is 5.56 Å². The van der Waals surface area contributed by atoms with Crippen LogP contribution in [0, 0.1) is 6.92 Å². The Labute approximate surface area is 81.9 Å². The van der Waals surface area contributed by atoms with Crippen LogP contribution in [-0.4, -0.2) is 7.85 Å². The van der Waals surface area contributed by atoms with Crippen LogP contribution < -0.4 is 5.46 Å². The van der Waals surface area contributed by atoms with E-state index in [4.69, 9.17) is 42.6 Å². The van der Waals surface area contributed by atoms with E-state index in [0.29, 0.717) is 20.5 Å². The summed E-state index contributed by atoms with van der Waals surface area (Å²) >= 11 is 17.3. The topological polar surface area (TPSA) is 0 Å². The molecule has 0 heterocycles. The Bertz CT molecular complexity index is 270. The first-order chi connectivity index (χ1) is 5.04. The average Bonchev–Trinajstić information content (AvgIpc) is 1.97. The fourth-order valence-corrected chi connectivity index (χ4v) is 1.47. The quantitative estimate of drug-likeness (QED) is 0.571. The van der Waals surface area contributed by atoms with Gasteiger partial charge in [-0.05, 0) is 18.6 Å². The van der Waals surface area contributed by atoms with Gasteiger partial charge in [-0.25, -0.2) is 0 Å². The Morgan fingerprint density at radius 3 is 2.27 bits per heavy atom. The SMILES string of the molecule is [B]c1c(Cl)cc(Cl)c(C)c1Cl. The smallest absolute Gasteiger partial charge is 0.0849 e. The summed E-state index contributed by atoms with van der Waals surface area (Å²) in [6, 6.07) is 1.58. The molecule has 0 atom stereocenters. The Kier molecular flexibility index (Phi) is 2.74. The fraction of sp³-hybridized carbons (Fsp3) is 0.143. The molecule has 0 N–H and O–H groups in total. The number of benzene rings is 1. The van der Waals surface area contributed by atoms with Crippen molar-refractivity contribution in [2.45, 2.75) is 6.92 Å².